The monoisotopic (exact) mass is 286 g/mol. The Kier molecular flexibility index (Phi) is 3.31. The highest BCUT2D eigenvalue weighted by molar-refractivity contribution is 7.71. The lowest BCUT2D eigenvalue weighted by molar-refractivity contribution is 0.589. The van der Waals surface area contributed by atoms with Gasteiger partial charge in [-0.05, 0) is 38.2 Å². The number of nitrogens with one attached hydrogen (secondary N) is 2. The molecule has 102 valence electrons. The molecule has 0 aliphatic heterocycles. The summed E-state index contributed by atoms with van der Waals surface area (Å²) in [5.74, 6) is 0. The van der Waals surface area contributed by atoms with Gasteiger partial charge in [-0.1, -0.05) is 0 Å². The van der Waals surface area contributed by atoms with E-state index in [0.29, 0.717) is 6.04 Å². The van der Waals surface area contributed by atoms with Gasteiger partial charge >= 0.3 is 6.85 Å². The van der Waals surface area contributed by atoms with Crippen LogP contribution in [0.15, 0.2) is 36.9 Å². The zero-order valence-corrected chi connectivity index (χ0v) is 12.1. The topological polar surface area (TPSA) is 67.2 Å². The molecule has 0 unspecified atom stereocenters. The molecular weight excluding hydrogens is 271 g/mol. The predicted molar refractivity (Wildman–Crippen MR) is 81.2 cm³/mol. The largest absolute Gasteiger partial charge is 0.366 e. The Labute approximate surface area is 121 Å². The van der Waals surface area contributed by atoms with Crippen molar-refractivity contribution in [2.24, 2.45) is 0 Å². The third-order valence-corrected chi connectivity index (χ3v) is 3.72. The van der Waals surface area contributed by atoms with Crippen LogP contribution in [0, 0.1) is 4.77 Å². The van der Waals surface area contributed by atoms with E-state index >= 15 is 0 Å². The molecule has 0 spiro atoms. The lowest BCUT2D eigenvalue weighted by atomic mass is 9.56. The number of hydrogen-bond acceptors (Lipinski definition) is 3. The molecule has 3 aromatic heterocycles. The molecule has 3 rings (SSSR count). The van der Waals surface area contributed by atoms with Crippen LogP contribution in [0.5, 0.6) is 0 Å². The van der Waals surface area contributed by atoms with Crippen molar-refractivity contribution in [3.05, 3.63) is 41.7 Å². The van der Waals surface area contributed by atoms with Crippen LogP contribution in [0.25, 0.3) is 0 Å². The summed E-state index contributed by atoms with van der Waals surface area (Å²) in [6, 6.07) is 4.22. The zero-order valence-electron chi connectivity index (χ0n) is 11.3. The van der Waals surface area contributed by atoms with Gasteiger partial charge in [-0.15, -0.1) is 0 Å². The van der Waals surface area contributed by atoms with Crippen molar-refractivity contribution in [2.45, 2.75) is 19.9 Å². The Bertz CT molecular complexity index is 690. The predicted octanol–water partition coefficient (Wildman–Crippen LogP) is 0.700. The van der Waals surface area contributed by atoms with Crippen LogP contribution in [-0.2, 0) is 0 Å². The zero-order chi connectivity index (χ0) is 14.1. The van der Waals surface area contributed by atoms with E-state index in [1.165, 1.54) is 0 Å². The highest BCUT2D eigenvalue weighted by atomic mass is 32.1. The van der Waals surface area contributed by atoms with Gasteiger partial charge in [0.25, 0.3) is 0 Å². The molecule has 0 bridgehead atoms. The molecule has 6 nitrogen and oxygen atoms in total. The first-order valence-corrected chi connectivity index (χ1v) is 6.87. The van der Waals surface area contributed by atoms with E-state index in [1.54, 1.807) is 12.4 Å². The molecule has 3 aromatic rings. The van der Waals surface area contributed by atoms with Crippen molar-refractivity contribution < 1.29 is 0 Å². The maximum absolute atomic E-state index is 5.58. The molecule has 0 fully saturated rings. The Morgan fingerprint density at radius 2 is 1.70 bits per heavy atom. The van der Waals surface area contributed by atoms with Gasteiger partial charge in [0.2, 0.25) is 0 Å². The van der Waals surface area contributed by atoms with Crippen LogP contribution in [0.1, 0.15) is 19.9 Å². The van der Waals surface area contributed by atoms with Crippen molar-refractivity contribution in [2.75, 3.05) is 0 Å². The van der Waals surface area contributed by atoms with Gasteiger partial charge in [0.1, 0.15) is 0 Å². The van der Waals surface area contributed by atoms with Crippen molar-refractivity contribution in [3.63, 3.8) is 0 Å². The minimum Gasteiger partial charge on any atom is -0.356 e. The average Bonchev–Trinajstić information content (AvgIpc) is 3.14. The molecule has 0 aliphatic carbocycles. The summed E-state index contributed by atoms with van der Waals surface area (Å²) in [4.78, 5) is 0. The lowest BCUT2D eigenvalue weighted by Crippen LogP contribution is -2.50. The van der Waals surface area contributed by atoms with Gasteiger partial charge < -0.3 is 9.05 Å². The summed E-state index contributed by atoms with van der Waals surface area (Å²) in [5.41, 5.74) is 1.93. The highest BCUT2D eigenvalue weighted by Gasteiger charge is 2.26. The third kappa shape index (κ3) is 2.11. The van der Waals surface area contributed by atoms with E-state index in [1.807, 2.05) is 29.0 Å². The molecule has 0 radical (unpaired) electrons. The molecule has 3 heterocycles. The van der Waals surface area contributed by atoms with Crippen LogP contribution in [0.3, 0.4) is 0 Å². The van der Waals surface area contributed by atoms with Crippen molar-refractivity contribution >= 4 is 30.3 Å². The maximum atomic E-state index is 5.58. The van der Waals surface area contributed by atoms with Crippen molar-refractivity contribution in [1.29, 1.82) is 0 Å². The van der Waals surface area contributed by atoms with Crippen LogP contribution in [0.4, 0.5) is 0 Å². The van der Waals surface area contributed by atoms with E-state index in [0.717, 1.165) is 16.0 Å². The number of H-pyrrole nitrogens is 2. The first-order chi connectivity index (χ1) is 9.68. The van der Waals surface area contributed by atoms with Crippen molar-refractivity contribution in [3.8, 4) is 0 Å². The van der Waals surface area contributed by atoms with Gasteiger partial charge in [-0.25, -0.2) is 0 Å². The lowest BCUT2D eigenvalue weighted by Gasteiger charge is -2.12. The molecule has 0 saturated carbocycles. The number of imidazole rings is 1. The second-order valence-corrected chi connectivity index (χ2v) is 5.28. The van der Waals surface area contributed by atoms with Gasteiger partial charge in [0.15, 0.2) is 4.77 Å². The number of aromatic nitrogens is 6. The molecular formula is C12H15BN6S. The van der Waals surface area contributed by atoms with Gasteiger partial charge in [-0.3, -0.25) is 10.2 Å². The maximum Gasteiger partial charge on any atom is 0.366 e. The van der Waals surface area contributed by atoms with Gasteiger partial charge in [0.05, 0.1) is 0 Å². The standard InChI is InChI=1S/C12H15BN6S/c1-9(2)18-7-8-19(12(18)20)13(10-3-5-14-16-10)11-4-6-15-17-11/h3-9H,1-2H3,(H,14,16)(H,15,17). The normalized spacial score (nSPS) is 11.2. The van der Waals surface area contributed by atoms with Gasteiger partial charge in [-0.2, -0.15) is 10.2 Å². The third-order valence-electron chi connectivity index (χ3n) is 3.30. The first-order valence-electron chi connectivity index (χ1n) is 6.46. The number of aromatic amines is 2. The Morgan fingerprint density at radius 1 is 1.10 bits per heavy atom. The Morgan fingerprint density at radius 3 is 2.10 bits per heavy atom. The minimum absolute atomic E-state index is 0.0764. The fourth-order valence-electron chi connectivity index (χ4n) is 2.30. The van der Waals surface area contributed by atoms with E-state index in [-0.39, 0.29) is 6.85 Å². The molecule has 0 saturated heterocycles. The molecule has 0 atom stereocenters. The van der Waals surface area contributed by atoms with Crippen LogP contribution >= 0.6 is 12.2 Å². The van der Waals surface area contributed by atoms with Crippen LogP contribution in [0.2, 0.25) is 0 Å². The molecule has 0 aromatic carbocycles. The SMILES string of the molecule is CC(C)n1ccn(B(c2ccn[nH]2)c2ccn[nH]2)c1=S. The minimum atomic E-state index is -0.0764. The van der Waals surface area contributed by atoms with E-state index in [4.69, 9.17) is 12.2 Å². The summed E-state index contributed by atoms with van der Waals surface area (Å²) < 4.78 is 4.88. The van der Waals surface area contributed by atoms with Gasteiger partial charge in [0, 0.05) is 42.0 Å². The van der Waals surface area contributed by atoms with Crippen LogP contribution < -0.4 is 11.2 Å². The number of rotatable bonds is 4. The summed E-state index contributed by atoms with van der Waals surface area (Å²) in [6.07, 6.45) is 7.48. The number of hydrogen-bond donors (Lipinski definition) is 2. The average molecular weight is 286 g/mol. The molecule has 8 heteroatoms. The van der Waals surface area contributed by atoms with E-state index in [2.05, 4.69) is 38.8 Å². The molecule has 20 heavy (non-hydrogen) atoms. The Hall–Kier alpha value is -2.09. The van der Waals surface area contributed by atoms with Crippen LogP contribution in [-0.4, -0.2) is 36.3 Å². The fraction of sp³-hybridized carbons (Fsp3) is 0.250. The molecule has 0 amide bonds. The molecule has 0 aliphatic rings. The second-order valence-electron chi connectivity index (χ2n) is 4.92. The summed E-state index contributed by atoms with van der Waals surface area (Å²) in [6.45, 7) is 4.15. The molecule has 2 N–H and O–H groups in total. The quantitative estimate of drug-likeness (QED) is 0.548. The summed E-state index contributed by atoms with van der Waals surface area (Å²) >= 11 is 5.58. The van der Waals surface area contributed by atoms with E-state index < -0.39 is 0 Å². The number of nitrogens with zero attached hydrogens (tertiary/aromatic N) is 4. The summed E-state index contributed by atoms with van der Waals surface area (Å²) in [7, 11) is 0. The Balaban J connectivity index is 2.14. The summed E-state index contributed by atoms with van der Waals surface area (Å²) in [5, 5.41) is 14.1. The first kappa shape index (κ1) is 12.9. The highest BCUT2D eigenvalue weighted by Crippen LogP contribution is 2.07. The van der Waals surface area contributed by atoms with E-state index in [9.17, 15) is 0 Å². The fourth-order valence-corrected chi connectivity index (χ4v) is 2.74. The van der Waals surface area contributed by atoms with Crippen molar-refractivity contribution in [1.82, 2.24) is 29.4 Å². The second kappa shape index (κ2) is 5.12. The smallest absolute Gasteiger partial charge is 0.356 e.